The van der Waals surface area contributed by atoms with Gasteiger partial charge in [0.1, 0.15) is 0 Å². The number of imide groups is 1. The maximum Gasteiger partial charge on any atom is 0.237 e. The Morgan fingerprint density at radius 3 is 1.95 bits per heavy atom. The summed E-state index contributed by atoms with van der Waals surface area (Å²) in [7, 11) is 0. The molecule has 1 saturated heterocycles. The van der Waals surface area contributed by atoms with E-state index in [9.17, 15) is 9.59 Å². The van der Waals surface area contributed by atoms with E-state index in [0.29, 0.717) is 5.92 Å². The Morgan fingerprint density at radius 2 is 1.50 bits per heavy atom. The Balaban J connectivity index is 2.00. The second kappa shape index (κ2) is 4.69. The van der Waals surface area contributed by atoms with E-state index in [-0.39, 0.29) is 23.7 Å². The highest BCUT2D eigenvalue weighted by Crippen LogP contribution is 2.44. The smallest absolute Gasteiger partial charge is 0.237 e. The predicted molar refractivity (Wildman–Crippen MR) is 81.5 cm³/mol. The second-order valence-electron chi connectivity index (χ2n) is 6.19. The third-order valence-electron chi connectivity index (χ3n) is 4.55. The van der Waals surface area contributed by atoms with Crippen LogP contribution in [0, 0.1) is 31.6 Å². The van der Waals surface area contributed by atoms with Crippen LogP contribution in [0.3, 0.4) is 0 Å². The molecule has 2 aliphatic rings. The lowest BCUT2D eigenvalue weighted by Crippen LogP contribution is -2.32. The summed E-state index contributed by atoms with van der Waals surface area (Å²) in [5.41, 5.74) is 2.82. The number of carbonyl (C=O) groups excluding carboxylic acids is 2. The predicted octanol–water partition coefficient (Wildman–Crippen LogP) is 3.60. The van der Waals surface area contributed by atoms with Crippen molar-refractivity contribution in [2.24, 2.45) is 17.8 Å². The van der Waals surface area contributed by atoms with Crippen molar-refractivity contribution < 1.29 is 9.59 Å². The molecule has 0 bridgehead atoms. The van der Waals surface area contributed by atoms with Gasteiger partial charge in [0.2, 0.25) is 11.8 Å². The van der Waals surface area contributed by atoms with E-state index in [0.717, 1.165) is 34.1 Å². The van der Waals surface area contributed by atoms with Crippen LogP contribution in [0.1, 0.15) is 30.9 Å². The average molecular weight is 336 g/mol. The summed E-state index contributed by atoms with van der Waals surface area (Å²) in [5, 5.41) is 0. The van der Waals surface area contributed by atoms with Crippen LogP contribution in [0.4, 0.5) is 5.69 Å². The first-order valence-corrected chi connectivity index (χ1v) is 7.84. The zero-order valence-electron chi connectivity index (χ0n) is 11.9. The van der Waals surface area contributed by atoms with E-state index in [4.69, 9.17) is 0 Å². The highest BCUT2D eigenvalue weighted by atomic mass is 79.9. The molecule has 1 aliphatic carbocycles. The fourth-order valence-corrected chi connectivity index (χ4v) is 3.81. The molecular formula is C16H18BrNO2. The van der Waals surface area contributed by atoms with Crippen LogP contribution in [0.5, 0.6) is 0 Å². The minimum atomic E-state index is -0.0956. The van der Waals surface area contributed by atoms with Crippen LogP contribution >= 0.6 is 15.9 Å². The molecule has 1 heterocycles. The van der Waals surface area contributed by atoms with E-state index in [1.54, 1.807) is 0 Å². The molecule has 2 atom stereocenters. The van der Waals surface area contributed by atoms with Gasteiger partial charge in [0.15, 0.2) is 0 Å². The van der Waals surface area contributed by atoms with Crippen LogP contribution in [-0.4, -0.2) is 11.8 Å². The molecule has 2 fully saturated rings. The summed E-state index contributed by atoms with van der Waals surface area (Å²) >= 11 is 3.52. The van der Waals surface area contributed by atoms with Crippen molar-refractivity contribution in [3.63, 3.8) is 0 Å². The third-order valence-corrected chi connectivity index (χ3v) is 5.80. The lowest BCUT2D eigenvalue weighted by atomic mass is 10.00. The zero-order chi connectivity index (χ0) is 14.6. The molecule has 20 heavy (non-hydrogen) atoms. The van der Waals surface area contributed by atoms with Crippen LogP contribution in [0.25, 0.3) is 0 Å². The van der Waals surface area contributed by atoms with Gasteiger partial charge in [-0.15, -0.1) is 0 Å². The van der Waals surface area contributed by atoms with Crippen LogP contribution in [-0.2, 0) is 9.59 Å². The molecule has 3 nitrogen and oxygen atoms in total. The van der Waals surface area contributed by atoms with Crippen molar-refractivity contribution in [2.45, 2.75) is 33.6 Å². The van der Waals surface area contributed by atoms with Crippen molar-refractivity contribution in [1.82, 2.24) is 0 Å². The van der Waals surface area contributed by atoms with Gasteiger partial charge in [-0.2, -0.15) is 0 Å². The van der Waals surface area contributed by atoms with E-state index < -0.39 is 0 Å². The maximum atomic E-state index is 12.5. The minimum absolute atomic E-state index is 0.00882. The number of nitrogens with zero attached hydrogens (tertiary/aromatic N) is 1. The zero-order valence-corrected chi connectivity index (χ0v) is 13.5. The topological polar surface area (TPSA) is 37.4 Å². The number of hydrogen-bond donors (Lipinski definition) is 0. The van der Waals surface area contributed by atoms with Gasteiger partial charge >= 0.3 is 0 Å². The Hall–Kier alpha value is -1.16. The van der Waals surface area contributed by atoms with Gasteiger partial charge in [-0.3, -0.25) is 14.5 Å². The van der Waals surface area contributed by atoms with Gasteiger partial charge in [-0.1, -0.05) is 22.9 Å². The van der Waals surface area contributed by atoms with Crippen molar-refractivity contribution in [2.75, 3.05) is 4.90 Å². The van der Waals surface area contributed by atoms with Crippen molar-refractivity contribution in [1.29, 1.82) is 0 Å². The van der Waals surface area contributed by atoms with Crippen LogP contribution in [0.15, 0.2) is 16.6 Å². The third kappa shape index (κ3) is 1.93. The molecule has 4 heteroatoms. The molecule has 1 saturated carbocycles. The van der Waals surface area contributed by atoms with E-state index in [1.165, 1.54) is 4.90 Å². The number of hydrogen-bond acceptors (Lipinski definition) is 2. The summed E-state index contributed by atoms with van der Waals surface area (Å²) in [6.45, 7) is 6.08. The molecular weight excluding hydrogens is 318 g/mol. The lowest BCUT2D eigenvalue weighted by molar-refractivity contribution is -0.123. The van der Waals surface area contributed by atoms with E-state index >= 15 is 0 Å². The largest absolute Gasteiger partial charge is 0.274 e. The summed E-state index contributed by atoms with van der Waals surface area (Å²) in [6.07, 6.45) is 1.69. The number of halogens is 1. The summed E-state index contributed by atoms with van der Waals surface area (Å²) in [4.78, 5) is 26.5. The van der Waals surface area contributed by atoms with Crippen molar-refractivity contribution in [3.8, 4) is 0 Å². The number of benzene rings is 1. The SMILES string of the molecule is Cc1cc(N2C(=O)C3CC(C)CC3C2=O)cc(C)c1Br. The molecule has 0 N–H and O–H groups in total. The monoisotopic (exact) mass is 335 g/mol. The van der Waals surface area contributed by atoms with E-state index in [1.807, 2.05) is 26.0 Å². The fraction of sp³-hybridized carbons (Fsp3) is 0.500. The number of aryl methyl sites for hydroxylation is 2. The number of anilines is 1. The molecule has 3 rings (SSSR count). The molecule has 106 valence electrons. The van der Waals surface area contributed by atoms with Gasteiger partial charge < -0.3 is 0 Å². The molecule has 2 amide bonds. The summed E-state index contributed by atoms with van der Waals surface area (Å²) < 4.78 is 1.04. The summed E-state index contributed by atoms with van der Waals surface area (Å²) in [6, 6.07) is 3.83. The molecule has 0 aromatic heterocycles. The molecule has 0 radical (unpaired) electrons. The number of amides is 2. The first-order valence-electron chi connectivity index (χ1n) is 7.04. The Bertz CT molecular complexity index is 563. The van der Waals surface area contributed by atoms with Gasteiger partial charge in [0.25, 0.3) is 0 Å². The molecule has 2 unspecified atom stereocenters. The number of fused-ring (bicyclic) bond motifs is 1. The van der Waals surface area contributed by atoms with Gasteiger partial charge in [0.05, 0.1) is 17.5 Å². The number of carbonyl (C=O) groups is 2. The van der Waals surface area contributed by atoms with Crippen LogP contribution in [0.2, 0.25) is 0 Å². The van der Waals surface area contributed by atoms with Crippen molar-refractivity contribution >= 4 is 33.4 Å². The lowest BCUT2D eigenvalue weighted by Gasteiger charge is -2.19. The normalized spacial score (nSPS) is 29.2. The van der Waals surface area contributed by atoms with Gasteiger partial charge in [-0.25, -0.2) is 0 Å². The maximum absolute atomic E-state index is 12.5. The van der Waals surface area contributed by atoms with E-state index in [2.05, 4.69) is 22.9 Å². The first-order chi connectivity index (χ1) is 9.40. The Morgan fingerprint density at radius 1 is 1.05 bits per heavy atom. The van der Waals surface area contributed by atoms with Gasteiger partial charge in [-0.05, 0) is 55.9 Å². The average Bonchev–Trinajstić information content (AvgIpc) is 2.86. The van der Waals surface area contributed by atoms with Crippen LogP contribution < -0.4 is 4.90 Å². The molecule has 0 spiro atoms. The Kier molecular flexibility index (Phi) is 3.24. The molecule has 1 aromatic rings. The summed E-state index contributed by atoms with van der Waals surface area (Å²) in [5.74, 6) is 0.271. The molecule has 1 aromatic carbocycles. The second-order valence-corrected chi connectivity index (χ2v) is 6.99. The standard InChI is InChI=1S/C16H18BrNO2/c1-8-4-12-13(5-8)16(20)18(15(12)19)11-6-9(2)14(17)10(3)7-11/h6-8,12-13H,4-5H2,1-3H3. The Labute approximate surface area is 127 Å². The number of rotatable bonds is 1. The fourth-order valence-electron chi connectivity index (χ4n) is 3.58. The highest BCUT2D eigenvalue weighted by Gasteiger charge is 2.52. The first kappa shape index (κ1) is 13.8. The van der Waals surface area contributed by atoms with Crippen molar-refractivity contribution in [3.05, 3.63) is 27.7 Å². The van der Waals surface area contributed by atoms with Gasteiger partial charge in [0, 0.05) is 4.47 Å². The quantitative estimate of drug-likeness (QED) is 0.735. The molecule has 1 aliphatic heterocycles. The highest BCUT2D eigenvalue weighted by molar-refractivity contribution is 9.10. The minimum Gasteiger partial charge on any atom is -0.274 e.